The van der Waals surface area contributed by atoms with Gasteiger partial charge in [-0.2, -0.15) is 0 Å². The average Bonchev–Trinajstić information content (AvgIpc) is 2.79. The number of cyclic esters (lactones) is 1. The van der Waals surface area contributed by atoms with E-state index < -0.39 is 0 Å². The van der Waals surface area contributed by atoms with Crippen LogP contribution in [0.4, 0.5) is 9.59 Å². The van der Waals surface area contributed by atoms with Gasteiger partial charge >= 0.3 is 12.1 Å². The molecule has 6 heteroatoms. The molecule has 1 aliphatic heterocycles. The molecule has 0 radical (unpaired) electrons. The second-order valence-corrected chi connectivity index (χ2v) is 5.94. The van der Waals surface area contributed by atoms with Crippen molar-refractivity contribution < 1.29 is 14.3 Å². The Labute approximate surface area is 120 Å². The molecule has 0 aromatic rings. The van der Waals surface area contributed by atoms with Crippen LogP contribution in [0.15, 0.2) is 0 Å². The summed E-state index contributed by atoms with van der Waals surface area (Å²) < 4.78 is 5.22. The van der Waals surface area contributed by atoms with Crippen LogP contribution in [0.5, 0.6) is 0 Å². The maximum absolute atomic E-state index is 11.8. The number of ether oxygens (including phenoxy) is 1. The third-order valence-corrected chi connectivity index (χ3v) is 3.96. The van der Waals surface area contributed by atoms with E-state index in [2.05, 4.69) is 10.6 Å². The topological polar surface area (TPSA) is 70.7 Å². The normalized spacial score (nSPS) is 23.9. The molecule has 1 unspecified atom stereocenters. The Morgan fingerprint density at radius 1 is 1.35 bits per heavy atom. The molecule has 2 fully saturated rings. The molecule has 1 saturated heterocycles. The van der Waals surface area contributed by atoms with Gasteiger partial charge in [0.15, 0.2) is 0 Å². The van der Waals surface area contributed by atoms with Crippen LogP contribution in [0.25, 0.3) is 0 Å². The third kappa shape index (κ3) is 4.02. The second kappa shape index (κ2) is 6.81. The number of urea groups is 1. The van der Waals surface area contributed by atoms with Crippen molar-refractivity contribution in [3.8, 4) is 0 Å². The molecule has 1 aliphatic carbocycles. The van der Waals surface area contributed by atoms with E-state index in [1.165, 1.54) is 19.3 Å². The van der Waals surface area contributed by atoms with Crippen LogP contribution in [0.2, 0.25) is 0 Å². The number of amides is 3. The number of nitrogens with zero attached hydrogens (tertiary/aromatic N) is 1. The highest BCUT2D eigenvalue weighted by molar-refractivity contribution is 5.74. The summed E-state index contributed by atoms with van der Waals surface area (Å²) in [4.78, 5) is 25.0. The molecule has 114 valence electrons. The Hall–Kier alpha value is -1.46. The van der Waals surface area contributed by atoms with Crippen molar-refractivity contribution in [1.82, 2.24) is 15.5 Å². The summed E-state index contributed by atoms with van der Waals surface area (Å²) in [6.45, 7) is 4.81. The Bertz CT molecular complexity index is 354. The fourth-order valence-electron chi connectivity index (χ4n) is 2.76. The second-order valence-electron chi connectivity index (χ2n) is 5.94. The zero-order valence-electron chi connectivity index (χ0n) is 12.4. The molecule has 3 amide bonds. The van der Waals surface area contributed by atoms with Crippen molar-refractivity contribution in [2.24, 2.45) is 0 Å². The molecule has 1 heterocycles. The van der Waals surface area contributed by atoms with E-state index in [0.717, 1.165) is 12.8 Å². The first-order valence-corrected chi connectivity index (χ1v) is 7.58. The monoisotopic (exact) mass is 283 g/mol. The molecular weight excluding hydrogens is 258 g/mol. The maximum Gasteiger partial charge on any atom is 0.410 e. The minimum atomic E-state index is -0.292. The highest BCUT2D eigenvalue weighted by atomic mass is 16.6. The van der Waals surface area contributed by atoms with Gasteiger partial charge in [0.05, 0.1) is 13.1 Å². The number of carbonyl (C=O) groups excluding carboxylic acids is 2. The summed E-state index contributed by atoms with van der Waals surface area (Å²) in [5, 5.41) is 5.78. The smallest absolute Gasteiger partial charge is 0.410 e. The van der Waals surface area contributed by atoms with E-state index in [-0.39, 0.29) is 24.3 Å². The molecule has 20 heavy (non-hydrogen) atoms. The Balaban J connectivity index is 1.67. The van der Waals surface area contributed by atoms with Gasteiger partial charge in [-0.15, -0.1) is 0 Å². The van der Waals surface area contributed by atoms with Gasteiger partial charge in [0, 0.05) is 12.1 Å². The van der Waals surface area contributed by atoms with Crippen LogP contribution in [0.3, 0.4) is 0 Å². The maximum atomic E-state index is 11.8. The minimum Gasteiger partial charge on any atom is -0.442 e. The van der Waals surface area contributed by atoms with Crippen LogP contribution in [-0.2, 0) is 4.74 Å². The highest BCUT2D eigenvalue weighted by Crippen LogP contribution is 2.17. The zero-order valence-corrected chi connectivity index (χ0v) is 12.4. The van der Waals surface area contributed by atoms with Crippen molar-refractivity contribution in [3.05, 3.63) is 0 Å². The summed E-state index contributed by atoms with van der Waals surface area (Å²) in [6, 6.07) is 0.265. The molecule has 1 saturated carbocycles. The molecule has 2 N–H and O–H groups in total. The van der Waals surface area contributed by atoms with Gasteiger partial charge in [-0.05, 0) is 26.7 Å². The van der Waals surface area contributed by atoms with Crippen LogP contribution < -0.4 is 10.6 Å². The highest BCUT2D eigenvalue weighted by Gasteiger charge is 2.32. The minimum absolute atomic E-state index is 0.128. The average molecular weight is 283 g/mol. The van der Waals surface area contributed by atoms with E-state index in [1.807, 2.05) is 13.8 Å². The van der Waals surface area contributed by atoms with Gasteiger partial charge in [0.25, 0.3) is 0 Å². The quantitative estimate of drug-likeness (QED) is 0.827. The van der Waals surface area contributed by atoms with E-state index in [9.17, 15) is 9.59 Å². The number of nitrogens with one attached hydrogen (secondary N) is 2. The molecule has 6 nitrogen and oxygen atoms in total. The number of carbonyl (C=O) groups is 2. The fourth-order valence-corrected chi connectivity index (χ4v) is 2.76. The molecule has 0 bridgehead atoms. The zero-order chi connectivity index (χ0) is 14.5. The molecule has 2 rings (SSSR count). The van der Waals surface area contributed by atoms with Crippen LogP contribution in [0, 0.1) is 0 Å². The van der Waals surface area contributed by atoms with Gasteiger partial charge < -0.3 is 20.3 Å². The third-order valence-electron chi connectivity index (χ3n) is 3.96. The lowest BCUT2D eigenvalue weighted by Gasteiger charge is -2.23. The predicted molar refractivity (Wildman–Crippen MR) is 75.5 cm³/mol. The van der Waals surface area contributed by atoms with Crippen molar-refractivity contribution in [2.75, 3.05) is 13.1 Å². The molecule has 0 spiro atoms. The van der Waals surface area contributed by atoms with Crippen LogP contribution >= 0.6 is 0 Å². The summed E-state index contributed by atoms with van der Waals surface area (Å²) in [5.41, 5.74) is 0. The molecule has 0 aromatic carbocycles. The fraction of sp³-hybridized carbons (Fsp3) is 0.857. The molecular formula is C14H25N3O3. The molecule has 1 atom stereocenters. The molecule has 2 aliphatic rings. The SMILES string of the molecule is CC(C)N1CC(CNC(=O)NC2CCCCC2)OC1=O. The van der Waals surface area contributed by atoms with E-state index in [0.29, 0.717) is 19.1 Å². The summed E-state index contributed by atoms with van der Waals surface area (Å²) in [6.07, 6.45) is 5.23. The van der Waals surface area contributed by atoms with E-state index in [1.54, 1.807) is 4.90 Å². The summed E-state index contributed by atoms with van der Waals surface area (Å²) >= 11 is 0. The van der Waals surface area contributed by atoms with Crippen molar-refractivity contribution in [3.63, 3.8) is 0 Å². The van der Waals surface area contributed by atoms with Crippen LogP contribution in [-0.4, -0.2) is 48.3 Å². The first kappa shape index (κ1) is 14.9. The standard InChI is InChI=1S/C14H25N3O3/c1-10(2)17-9-12(20-14(17)19)8-15-13(18)16-11-6-4-3-5-7-11/h10-12H,3-9H2,1-2H3,(H2,15,16,18). The lowest BCUT2D eigenvalue weighted by Crippen LogP contribution is -2.45. The first-order valence-electron chi connectivity index (χ1n) is 7.58. The van der Waals surface area contributed by atoms with Gasteiger partial charge in [-0.1, -0.05) is 19.3 Å². The van der Waals surface area contributed by atoms with Crippen LogP contribution in [0.1, 0.15) is 46.0 Å². The van der Waals surface area contributed by atoms with Gasteiger partial charge in [-0.25, -0.2) is 9.59 Å². The van der Waals surface area contributed by atoms with Crippen molar-refractivity contribution >= 4 is 12.1 Å². The van der Waals surface area contributed by atoms with Crippen molar-refractivity contribution in [1.29, 1.82) is 0 Å². The number of rotatable bonds is 4. The van der Waals surface area contributed by atoms with Crippen molar-refractivity contribution in [2.45, 2.75) is 64.1 Å². The first-order chi connectivity index (χ1) is 9.56. The van der Waals surface area contributed by atoms with Gasteiger partial charge in [-0.3, -0.25) is 0 Å². The lowest BCUT2D eigenvalue weighted by molar-refractivity contribution is 0.129. The summed E-state index contributed by atoms with van der Waals surface area (Å²) in [7, 11) is 0. The largest absolute Gasteiger partial charge is 0.442 e. The summed E-state index contributed by atoms with van der Waals surface area (Å²) in [5.74, 6) is 0. The molecule has 0 aromatic heterocycles. The number of hydrogen-bond acceptors (Lipinski definition) is 3. The Kier molecular flexibility index (Phi) is 5.09. The van der Waals surface area contributed by atoms with Gasteiger partial charge in [0.1, 0.15) is 6.10 Å². The van der Waals surface area contributed by atoms with E-state index in [4.69, 9.17) is 4.74 Å². The van der Waals surface area contributed by atoms with Gasteiger partial charge in [0.2, 0.25) is 0 Å². The Morgan fingerprint density at radius 3 is 2.65 bits per heavy atom. The van der Waals surface area contributed by atoms with E-state index >= 15 is 0 Å². The lowest BCUT2D eigenvalue weighted by atomic mass is 9.96. The predicted octanol–water partition coefficient (Wildman–Crippen LogP) is 1.85. The Morgan fingerprint density at radius 2 is 2.05 bits per heavy atom. The number of hydrogen-bond donors (Lipinski definition) is 2.